The predicted octanol–water partition coefficient (Wildman–Crippen LogP) is 0.884. The Morgan fingerprint density at radius 1 is 0.947 bits per heavy atom. The molecule has 0 aliphatic rings. The number of carboxylic acids is 1. The molecule has 2 amide bonds. The highest BCUT2D eigenvalue weighted by atomic mass is 16.5. The lowest BCUT2D eigenvalue weighted by atomic mass is 10.1. The maximum absolute atomic E-state index is 11.2. The van der Waals surface area contributed by atoms with E-state index in [0.29, 0.717) is 13.0 Å². The van der Waals surface area contributed by atoms with Gasteiger partial charge in [-0.3, -0.25) is 9.59 Å². The molecule has 0 aromatic heterocycles. The van der Waals surface area contributed by atoms with Crippen molar-refractivity contribution >= 4 is 18.0 Å². The van der Waals surface area contributed by atoms with Gasteiger partial charge in [-0.05, 0) is 12.8 Å². The average Bonchev–Trinajstić information content (AvgIpc) is 2.37. The second-order valence-corrected chi connectivity index (χ2v) is 4.07. The fourth-order valence-corrected chi connectivity index (χ4v) is 1.40. The molecule has 0 spiro atoms. The Morgan fingerprint density at radius 2 is 1.58 bits per heavy atom. The summed E-state index contributed by atoms with van der Waals surface area (Å²) >= 11 is 0. The Bertz CT molecular complexity index is 294. The summed E-state index contributed by atoms with van der Waals surface area (Å²) in [5, 5.41) is 13.6. The Labute approximate surface area is 112 Å². The Balaban J connectivity index is 3.29. The summed E-state index contributed by atoms with van der Waals surface area (Å²) in [6.07, 6.45) is 3.55. The van der Waals surface area contributed by atoms with Crippen molar-refractivity contribution in [3.63, 3.8) is 0 Å². The van der Waals surface area contributed by atoms with Crippen molar-refractivity contribution < 1.29 is 24.2 Å². The first-order chi connectivity index (χ1) is 9.06. The summed E-state index contributed by atoms with van der Waals surface area (Å²) < 4.78 is 4.43. The molecule has 0 aliphatic heterocycles. The van der Waals surface area contributed by atoms with E-state index in [0.717, 1.165) is 19.3 Å². The zero-order valence-electron chi connectivity index (χ0n) is 11.2. The molecule has 0 aromatic carbocycles. The first-order valence-corrected chi connectivity index (χ1v) is 6.36. The predicted molar refractivity (Wildman–Crippen MR) is 68.8 cm³/mol. The van der Waals surface area contributed by atoms with E-state index in [1.54, 1.807) is 0 Å². The Morgan fingerprint density at radius 3 is 2.21 bits per heavy atom. The zero-order valence-corrected chi connectivity index (χ0v) is 11.2. The van der Waals surface area contributed by atoms with E-state index in [9.17, 15) is 14.4 Å². The molecule has 7 nitrogen and oxygen atoms in total. The van der Waals surface area contributed by atoms with Gasteiger partial charge in [0.2, 0.25) is 0 Å². The highest BCUT2D eigenvalue weighted by molar-refractivity contribution is 5.75. The highest BCUT2D eigenvalue weighted by Crippen LogP contribution is 2.01. The van der Waals surface area contributed by atoms with Crippen molar-refractivity contribution in [2.75, 3.05) is 20.2 Å². The fourth-order valence-electron chi connectivity index (χ4n) is 1.40. The summed E-state index contributed by atoms with van der Waals surface area (Å²) in [6.45, 7) is 0.786. The number of carboxylic acid groups (broad SMARTS) is 1. The molecule has 0 aromatic rings. The molecule has 0 saturated heterocycles. The van der Waals surface area contributed by atoms with E-state index in [4.69, 9.17) is 5.11 Å². The molecule has 3 N–H and O–H groups in total. The van der Waals surface area contributed by atoms with Gasteiger partial charge in [0.1, 0.15) is 0 Å². The molecule has 0 saturated carbocycles. The number of amides is 2. The van der Waals surface area contributed by atoms with E-state index in [1.165, 1.54) is 7.11 Å². The number of carbonyl (C=O) groups is 3. The van der Waals surface area contributed by atoms with Gasteiger partial charge in [0.15, 0.2) is 0 Å². The molecule has 0 unspecified atom stereocenters. The van der Waals surface area contributed by atoms with E-state index in [1.807, 2.05) is 0 Å². The number of ether oxygens (including phenoxy) is 1. The zero-order chi connectivity index (χ0) is 14.5. The smallest absolute Gasteiger partial charge is 0.314 e. The third-order valence-electron chi connectivity index (χ3n) is 2.45. The molecule has 0 heterocycles. The lowest BCUT2D eigenvalue weighted by Crippen LogP contribution is -2.37. The monoisotopic (exact) mass is 274 g/mol. The molecule has 0 rings (SSSR count). The van der Waals surface area contributed by atoms with Gasteiger partial charge in [-0.2, -0.15) is 0 Å². The minimum absolute atomic E-state index is 0.152. The van der Waals surface area contributed by atoms with Crippen molar-refractivity contribution in [2.45, 2.75) is 38.5 Å². The minimum atomic E-state index is -0.775. The van der Waals surface area contributed by atoms with Crippen molar-refractivity contribution in [2.24, 2.45) is 0 Å². The quantitative estimate of drug-likeness (QED) is 0.405. The lowest BCUT2D eigenvalue weighted by Gasteiger charge is -2.06. The number of urea groups is 1. The van der Waals surface area contributed by atoms with Crippen LogP contribution in [0, 0.1) is 0 Å². The van der Waals surface area contributed by atoms with Gasteiger partial charge < -0.3 is 20.5 Å². The maximum Gasteiger partial charge on any atom is 0.314 e. The molecule has 0 bridgehead atoms. The fraction of sp³-hybridized carbons (Fsp3) is 0.750. The average molecular weight is 274 g/mol. The number of hydrogen-bond acceptors (Lipinski definition) is 4. The van der Waals surface area contributed by atoms with Gasteiger partial charge >= 0.3 is 18.0 Å². The molecule has 0 aliphatic carbocycles. The SMILES string of the molecule is COC(=O)CCNC(=O)NCCCCCCC(=O)O. The van der Waals surface area contributed by atoms with Gasteiger partial charge in [-0.15, -0.1) is 0 Å². The van der Waals surface area contributed by atoms with E-state index >= 15 is 0 Å². The van der Waals surface area contributed by atoms with Crippen molar-refractivity contribution in [3.8, 4) is 0 Å². The van der Waals surface area contributed by atoms with Crippen LogP contribution < -0.4 is 10.6 Å². The Hall–Kier alpha value is -1.79. The standard InChI is InChI=1S/C12H22N2O5/c1-19-11(17)7-9-14-12(18)13-8-5-3-2-4-6-10(15)16/h2-9H2,1H3,(H,15,16)(H2,13,14,18). The molecular weight excluding hydrogens is 252 g/mol. The van der Waals surface area contributed by atoms with E-state index < -0.39 is 5.97 Å². The highest BCUT2D eigenvalue weighted by Gasteiger charge is 2.02. The largest absolute Gasteiger partial charge is 0.481 e. The van der Waals surface area contributed by atoms with Crippen molar-refractivity contribution in [1.82, 2.24) is 10.6 Å². The van der Waals surface area contributed by atoms with Crippen molar-refractivity contribution in [1.29, 1.82) is 0 Å². The van der Waals surface area contributed by atoms with Gasteiger partial charge in [0.25, 0.3) is 0 Å². The third kappa shape index (κ3) is 12.5. The van der Waals surface area contributed by atoms with E-state index in [-0.39, 0.29) is 31.4 Å². The van der Waals surface area contributed by atoms with Gasteiger partial charge in [-0.25, -0.2) is 4.79 Å². The van der Waals surface area contributed by atoms with Crippen LogP contribution in [0.1, 0.15) is 38.5 Å². The lowest BCUT2D eigenvalue weighted by molar-refractivity contribution is -0.140. The third-order valence-corrected chi connectivity index (χ3v) is 2.45. The second-order valence-electron chi connectivity index (χ2n) is 4.07. The topological polar surface area (TPSA) is 105 Å². The van der Waals surface area contributed by atoms with Crippen LogP contribution in [0.15, 0.2) is 0 Å². The normalized spacial score (nSPS) is 9.74. The number of carbonyl (C=O) groups excluding carboxylic acids is 2. The van der Waals surface area contributed by atoms with Crippen LogP contribution in [0.4, 0.5) is 4.79 Å². The van der Waals surface area contributed by atoms with Crippen LogP contribution in [-0.4, -0.2) is 43.3 Å². The van der Waals surface area contributed by atoms with Crippen LogP contribution in [0.5, 0.6) is 0 Å². The number of esters is 1. The number of methoxy groups -OCH3 is 1. The number of unbranched alkanes of at least 4 members (excludes halogenated alkanes) is 3. The molecular formula is C12H22N2O5. The first kappa shape index (κ1) is 17.2. The van der Waals surface area contributed by atoms with Gasteiger partial charge in [0, 0.05) is 19.5 Å². The summed E-state index contributed by atoms with van der Waals surface area (Å²) in [5.41, 5.74) is 0. The summed E-state index contributed by atoms with van der Waals surface area (Å²) in [6, 6.07) is -0.311. The molecule has 110 valence electrons. The number of hydrogen-bond donors (Lipinski definition) is 3. The molecule has 0 radical (unpaired) electrons. The van der Waals surface area contributed by atoms with Crippen LogP contribution >= 0.6 is 0 Å². The summed E-state index contributed by atoms with van der Waals surface area (Å²) in [5.74, 6) is -1.14. The van der Waals surface area contributed by atoms with Gasteiger partial charge in [0.05, 0.1) is 13.5 Å². The number of aliphatic carboxylic acids is 1. The molecule has 0 fully saturated rings. The van der Waals surface area contributed by atoms with Crippen LogP contribution in [0.25, 0.3) is 0 Å². The number of rotatable bonds is 10. The molecule has 0 atom stereocenters. The van der Waals surface area contributed by atoms with Crippen molar-refractivity contribution in [3.05, 3.63) is 0 Å². The summed E-state index contributed by atoms with van der Waals surface area (Å²) in [4.78, 5) is 32.3. The first-order valence-electron chi connectivity index (χ1n) is 6.36. The van der Waals surface area contributed by atoms with Crippen LogP contribution in [-0.2, 0) is 14.3 Å². The van der Waals surface area contributed by atoms with Crippen LogP contribution in [0.2, 0.25) is 0 Å². The molecule has 7 heteroatoms. The number of nitrogens with one attached hydrogen (secondary N) is 2. The second kappa shape index (κ2) is 11.3. The van der Waals surface area contributed by atoms with Gasteiger partial charge in [-0.1, -0.05) is 12.8 Å². The molecule has 19 heavy (non-hydrogen) atoms. The van der Waals surface area contributed by atoms with E-state index in [2.05, 4.69) is 15.4 Å². The summed E-state index contributed by atoms with van der Waals surface area (Å²) in [7, 11) is 1.30. The maximum atomic E-state index is 11.2. The van der Waals surface area contributed by atoms with Crippen LogP contribution in [0.3, 0.4) is 0 Å². The Kier molecular flexibility index (Phi) is 10.2. The minimum Gasteiger partial charge on any atom is -0.481 e.